The van der Waals surface area contributed by atoms with Crippen molar-refractivity contribution in [2.75, 3.05) is 4.90 Å². The summed E-state index contributed by atoms with van der Waals surface area (Å²) in [5, 5.41) is 3.79. The van der Waals surface area contributed by atoms with Crippen LogP contribution in [0.3, 0.4) is 0 Å². The Bertz CT molecular complexity index is 3610. The lowest BCUT2D eigenvalue weighted by Gasteiger charge is -2.42. The normalized spacial score (nSPS) is 14.6. The van der Waals surface area contributed by atoms with Gasteiger partial charge in [-0.25, -0.2) is 0 Å². The van der Waals surface area contributed by atoms with E-state index < -0.39 is 0 Å². The van der Waals surface area contributed by atoms with Crippen molar-refractivity contribution in [3.05, 3.63) is 241 Å². The molecule has 0 unspecified atom stereocenters. The first-order valence-electron chi connectivity index (χ1n) is 22.7. The molecule has 3 nitrogen and oxygen atoms in total. The number of allylic oxidation sites excluding steroid dienone is 4. The van der Waals surface area contributed by atoms with Crippen LogP contribution in [0.4, 0.5) is 17.1 Å². The molecule has 0 saturated heterocycles. The fourth-order valence-electron chi connectivity index (χ4n) is 11.1. The van der Waals surface area contributed by atoms with Crippen LogP contribution in [0.5, 0.6) is 0 Å². The van der Waals surface area contributed by atoms with Crippen molar-refractivity contribution in [2.24, 2.45) is 0 Å². The van der Waals surface area contributed by atoms with E-state index >= 15 is 0 Å². The lowest BCUT2D eigenvalue weighted by Crippen LogP contribution is -2.30. The number of fused-ring (bicyclic) bond motifs is 8. The smallest absolute Gasteiger partial charge is 0.0635 e. The quantitative estimate of drug-likeness (QED) is 0.146. The zero-order valence-electron chi connectivity index (χ0n) is 37.3. The number of hydrogen-bond acceptors (Lipinski definition) is 1. The maximum atomic E-state index is 4.16. The van der Waals surface area contributed by atoms with E-state index in [2.05, 4.69) is 237 Å². The molecular weight excluding hydrogens is 787 g/mol. The van der Waals surface area contributed by atoms with Crippen molar-refractivity contribution in [1.82, 2.24) is 9.13 Å². The van der Waals surface area contributed by atoms with Gasteiger partial charge in [0.05, 0.1) is 27.9 Å². The van der Waals surface area contributed by atoms with Crippen molar-refractivity contribution < 1.29 is 0 Å². The van der Waals surface area contributed by atoms with Crippen molar-refractivity contribution in [3.8, 4) is 33.6 Å². The van der Waals surface area contributed by atoms with Gasteiger partial charge in [-0.3, -0.25) is 0 Å². The number of rotatable bonds is 7. The first-order valence-corrected chi connectivity index (χ1v) is 22.7. The predicted molar refractivity (Wildman–Crippen MR) is 276 cm³/mol. The van der Waals surface area contributed by atoms with Crippen LogP contribution in [0.15, 0.2) is 214 Å². The van der Waals surface area contributed by atoms with Crippen molar-refractivity contribution in [1.29, 1.82) is 0 Å². The first kappa shape index (κ1) is 38.8. The average Bonchev–Trinajstić information content (AvgIpc) is 3.93. The average molecular weight is 836 g/mol. The highest BCUT2D eigenvalue weighted by Gasteiger charge is 2.38. The van der Waals surface area contributed by atoms with Crippen molar-refractivity contribution >= 4 is 55.3 Å². The minimum atomic E-state index is -0.325. The Balaban J connectivity index is 1.07. The fraction of sp³-hybridized carbons (Fsp3) is 0.0968. The maximum absolute atomic E-state index is 4.16. The van der Waals surface area contributed by atoms with Gasteiger partial charge in [-0.15, -0.1) is 0 Å². The van der Waals surface area contributed by atoms with E-state index in [0.717, 1.165) is 22.5 Å². The van der Waals surface area contributed by atoms with Crippen LogP contribution in [0.25, 0.3) is 71.9 Å². The Labute approximate surface area is 381 Å². The number of nitrogens with zero attached hydrogens (tertiary/aromatic N) is 3. The molecule has 0 radical (unpaired) electrons. The molecule has 0 aliphatic carbocycles. The molecule has 65 heavy (non-hydrogen) atoms. The summed E-state index contributed by atoms with van der Waals surface area (Å²) in [6.07, 6.45) is 8.07. The van der Waals surface area contributed by atoms with E-state index in [1.165, 1.54) is 94.3 Å². The van der Waals surface area contributed by atoms with E-state index in [0.29, 0.717) is 0 Å². The highest BCUT2D eigenvalue weighted by Crippen LogP contribution is 2.54. The van der Waals surface area contributed by atoms with Gasteiger partial charge in [0.2, 0.25) is 0 Å². The minimum absolute atomic E-state index is 0.182. The van der Waals surface area contributed by atoms with E-state index in [9.17, 15) is 0 Å². The van der Waals surface area contributed by atoms with Gasteiger partial charge in [-0.2, -0.15) is 0 Å². The lowest BCUT2D eigenvalue weighted by atomic mass is 9.72. The topological polar surface area (TPSA) is 13.1 Å². The monoisotopic (exact) mass is 835 g/mol. The standard InChI is InChI=1S/C62H49N3/c1-7-17-40(8-2)44-27-32-57-52(37-44)62(5,6)53-38-45(28-33-58(53)64(57)47-29-24-42(25-30-47)41-18-11-9-12-19-41)43-26-31-55-49(36-43)50-39-54-60-48(59(50)65(55)46-20-13-10-14-21-46)34-35-63(60)56-23-16-15-22-51(56)61(54,3)4/h7-39H,1-2H2,3-6H3/b40-17+. The Morgan fingerprint density at radius 3 is 1.85 bits per heavy atom. The molecule has 8 aromatic carbocycles. The molecule has 2 aliphatic rings. The summed E-state index contributed by atoms with van der Waals surface area (Å²) in [5.41, 5.74) is 21.4. The summed E-state index contributed by atoms with van der Waals surface area (Å²) in [4.78, 5) is 2.45. The fourth-order valence-corrected chi connectivity index (χ4v) is 11.1. The molecule has 10 aromatic rings. The molecule has 312 valence electrons. The van der Waals surface area contributed by atoms with Crippen molar-refractivity contribution in [2.45, 2.75) is 38.5 Å². The second-order valence-electron chi connectivity index (χ2n) is 18.7. The van der Waals surface area contributed by atoms with Crippen LogP contribution in [0.1, 0.15) is 55.5 Å². The van der Waals surface area contributed by atoms with Gasteiger partial charge >= 0.3 is 0 Å². The number of anilines is 3. The minimum Gasteiger partial charge on any atom is -0.316 e. The molecule has 12 rings (SSSR count). The summed E-state index contributed by atoms with van der Waals surface area (Å²) in [6.45, 7) is 17.7. The molecule has 2 aliphatic heterocycles. The molecule has 0 saturated carbocycles. The molecular formula is C62H49N3. The van der Waals surface area contributed by atoms with E-state index in [-0.39, 0.29) is 10.8 Å². The Kier molecular flexibility index (Phi) is 8.54. The highest BCUT2D eigenvalue weighted by molar-refractivity contribution is 6.20. The van der Waals surface area contributed by atoms with E-state index in [4.69, 9.17) is 0 Å². The van der Waals surface area contributed by atoms with Gasteiger partial charge in [0, 0.05) is 50.2 Å². The SMILES string of the molecule is C=C/C=C(\C=C)c1ccc2c(c1)C(C)(C)c1cc(-c3ccc4c(c3)c3cc5c6c(ccn6-c6ccccc6C5(C)C)c3n4-c3ccccc3)ccc1N2c1ccc(-c2ccccc2)cc1. The maximum Gasteiger partial charge on any atom is 0.0635 e. The largest absolute Gasteiger partial charge is 0.316 e. The zero-order valence-corrected chi connectivity index (χ0v) is 37.3. The Morgan fingerprint density at radius 2 is 1.09 bits per heavy atom. The lowest BCUT2D eigenvalue weighted by molar-refractivity contribution is 0.629. The number of hydrogen-bond donors (Lipinski definition) is 0. The van der Waals surface area contributed by atoms with Gasteiger partial charge in [-0.1, -0.05) is 156 Å². The van der Waals surface area contributed by atoms with Crippen LogP contribution in [0, 0.1) is 0 Å². The first-order chi connectivity index (χ1) is 31.7. The van der Waals surface area contributed by atoms with Gasteiger partial charge in [0.25, 0.3) is 0 Å². The molecule has 0 fully saturated rings. The molecule has 4 heterocycles. The molecule has 2 aromatic heterocycles. The van der Waals surface area contributed by atoms with Crippen LogP contribution in [-0.4, -0.2) is 9.13 Å². The molecule has 0 amide bonds. The predicted octanol–water partition coefficient (Wildman–Crippen LogP) is 16.6. The number of aromatic nitrogens is 2. The van der Waals surface area contributed by atoms with Crippen LogP contribution in [-0.2, 0) is 10.8 Å². The van der Waals surface area contributed by atoms with Crippen LogP contribution in [0.2, 0.25) is 0 Å². The molecule has 3 heteroatoms. The van der Waals surface area contributed by atoms with Crippen LogP contribution < -0.4 is 4.90 Å². The highest BCUT2D eigenvalue weighted by atomic mass is 15.2. The molecule has 0 spiro atoms. The number of para-hydroxylation sites is 2. The summed E-state index contributed by atoms with van der Waals surface area (Å²) >= 11 is 0. The second kappa shape index (κ2) is 14.3. The van der Waals surface area contributed by atoms with Gasteiger partial charge in [0.15, 0.2) is 0 Å². The molecule has 0 N–H and O–H groups in total. The number of benzene rings is 8. The van der Waals surface area contributed by atoms with Gasteiger partial charge in [-0.05, 0) is 135 Å². The molecule has 0 atom stereocenters. The Morgan fingerprint density at radius 1 is 0.462 bits per heavy atom. The summed E-state index contributed by atoms with van der Waals surface area (Å²) < 4.78 is 4.89. The van der Waals surface area contributed by atoms with Crippen molar-refractivity contribution in [3.63, 3.8) is 0 Å². The van der Waals surface area contributed by atoms with Gasteiger partial charge < -0.3 is 14.0 Å². The summed E-state index contributed by atoms with van der Waals surface area (Å²) in [5.74, 6) is 0. The zero-order chi connectivity index (χ0) is 44.2. The van der Waals surface area contributed by atoms with E-state index in [1.807, 2.05) is 18.2 Å². The third kappa shape index (κ3) is 5.68. The summed E-state index contributed by atoms with van der Waals surface area (Å²) in [7, 11) is 0. The Hall–Kier alpha value is -7.88. The van der Waals surface area contributed by atoms with Gasteiger partial charge in [0.1, 0.15) is 0 Å². The third-order valence-corrected chi connectivity index (χ3v) is 14.5. The van der Waals surface area contributed by atoms with E-state index in [1.54, 1.807) is 0 Å². The second-order valence-corrected chi connectivity index (χ2v) is 18.7. The summed E-state index contributed by atoms with van der Waals surface area (Å²) in [6, 6.07) is 65.3. The third-order valence-electron chi connectivity index (χ3n) is 14.5. The molecule has 0 bridgehead atoms. The van der Waals surface area contributed by atoms with Crippen LogP contribution >= 0.6 is 0 Å².